The van der Waals surface area contributed by atoms with Crippen LogP contribution < -0.4 is 0 Å². The molecule has 0 aromatic carbocycles. The van der Waals surface area contributed by atoms with E-state index in [-0.39, 0.29) is 59.8 Å². The van der Waals surface area contributed by atoms with Crippen molar-refractivity contribution in [1.29, 1.82) is 0 Å². The van der Waals surface area contributed by atoms with Crippen LogP contribution in [0.1, 0.15) is 0 Å². The quantitative estimate of drug-likeness (QED) is 0.504. The van der Waals surface area contributed by atoms with Crippen molar-refractivity contribution in [1.82, 2.24) is 0 Å². The van der Waals surface area contributed by atoms with Crippen molar-refractivity contribution in [2.24, 2.45) is 0 Å². The van der Waals surface area contributed by atoms with Crippen LogP contribution in [0.2, 0.25) is 0 Å². The van der Waals surface area contributed by atoms with Gasteiger partial charge in [0.05, 0.1) is 23.7 Å². The zero-order chi connectivity index (χ0) is 2.71. The third-order valence-corrected chi connectivity index (χ3v) is 0. The van der Waals surface area contributed by atoms with Crippen LogP contribution in [0.5, 0.6) is 0 Å². The third kappa shape index (κ3) is 21.9. The molecule has 0 aromatic heterocycles. The molecule has 0 amide bonds. The molecule has 0 spiro atoms. The Balaban J connectivity index is -0.0000000200. The molecule has 0 heterocycles. The van der Waals surface area contributed by atoms with Gasteiger partial charge in [-0.15, -0.1) is 0 Å². The molecule has 0 unspecified atom stereocenters. The summed E-state index contributed by atoms with van der Waals surface area (Å²) in [5, 5.41) is 0. The fourth-order valence-corrected chi connectivity index (χ4v) is 0. The van der Waals surface area contributed by atoms with Gasteiger partial charge >= 0.3 is 48.9 Å². The Morgan fingerprint density at radius 1 is 1.20 bits per heavy atom. The average molecular weight is 258 g/mol. The predicted molar refractivity (Wildman–Crippen MR) is 32.7 cm³/mol. The van der Waals surface area contributed by atoms with Crippen LogP contribution in [0.25, 0.3) is 0 Å². The molecule has 5 heavy (non-hydrogen) atoms. The summed E-state index contributed by atoms with van der Waals surface area (Å²) in [4.78, 5) is 0. The molecule has 0 aromatic rings. The summed E-state index contributed by atoms with van der Waals surface area (Å²) < 4.78 is 3.19. The van der Waals surface area contributed by atoms with Gasteiger partial charge in [0.15, 0.2) is 0 Å². The van der Waals surface area contributed by atoms with Gasteiger partial charge in [-0.3, -0.25) is 0 Å². The Morgan fingerprint density at radius 3 is 1.20 bits per heavy atom. The van der Waals surface area contributed by atoms with E-state index in [1.807, 2.05) is 0 Å². The van der Waals surface area contributed by atoms with Crippen molar-refractivity contribution in [2.45, 2.75) is 0 Å². The Bertz CT molecular complexity index is 9.61. The van der Waals surface area contributed by atoms with Crippen LogP contribution in [-0.4, -0.2) is 59.8 Å². The predicted octanol–water partition coefficient (Wildman–Crippen LogP) is -1.06. The van der Waals surface area contributed by atoms with Crippen LogP contribution in [0, 0.1) is 0 Å². The normalized spacial score (nSPS) is 3.60. The van der Waals surface area contributed by atoms with E-state index < -0.39 is 0 Å². The summed E-state index contributed by atoms with van der Waals surface area (Å²) >= 11 is 8.53. The maximum Gasteiger partial charge on any atom is -0.0149 e. The molecule has 0 aliphatic carbocycles. The van der Waals surface area contributed by atoms with Gasteiger partial charge in [-0.2, -0.15) is 3.84 Å². The van der Waals surface area contributed by atoms with E-state index in [1.165, 1.54) is 0 Å². The molecule has 0 bridgehead atoms. The van der Waals surface area contributed by atoms with Crippen molar-refractivity contribution in [2.75, 3.05) is 0 Å². The summed E-state index contributed by atoms with van der Waals surface area (Å²) in [6, 6.07) is 0. The van der Waals surface area contributed by atoms with E-state index >= 15 is 0 Å². The van der Waals surface area contributed by atoms with Crippen molar-refractivity contribution < 1.29 is 3.84 Å². The fraction of sp³-hybridized carbons (Fsp3) is 0. The van der Waals surface area contributed by atoms with E-state index in [9.17, 15) is 0 Å². The van der Waals surface area contributed by atoms with Gasteiger partial charge in [-0.05, 0) is 11.0 Å². The maximum absolute atomic E-state index is 4.26. The molecule has 0 atom stereocenters. The van der Waals surface area contributed by atoms with Crippen LogP contribution in [0.15, 0.2) is 0 Å². The Morgan fingerprint density at radius 2 is 1.20 bits per heavy atom. The summed E-state index contributed by atoms with van der Waals surface area (Å²) in [5.74, 6) is 0. The maximum atomic E-state index is 4.26. The third-order valence-electron chi connectivity index (χ3n) is 0. The van der Waals surface area contributed by atoms with Crippen molar-refractivity contribution >= 4 is 83.6 Å². The van der Waals surface area contributed by atoms with Crippen LogP contribution in [0.3, 0.4) is 0 Å². The fourth-order valence-electron chi connectivity index (χ4n) is 0. The largest absolute Gasteiger partial charge is 0.0149 e. The van der Waals surface area contributed by atoms with E-state index in [2.05, 4.69) is 27.6 Å². The first-order chi connectivity index (χ1) is 1.41. The first kappa shape index (κ1) is 15.7. The minimum atomic E-state index is 0. The first-order valence-electron chi connectivity index (χ1n) is 0.309. The van der Waals surface area contributed by atoms with E-state index in [0.29, 0.717) is 0 Å². The zero-order valence-corrected chi connectivity index (χ0v) is 2.68. The summed E-state index contributed by atoms with van der Waals surface area (Å²) in [6.45, 7) is 0. The average Bonchev–Trinajstić information content (AvgIpc) is 0.918. The molecule has 0 N–H and O–H groups in total. The standard InChI is InChI=1S/Ba.Cl2O.H4Si.2H/c;1-3-2;;;/h;;1H4;;. The molecule has 0 saturated carbocycles. The molecule has 1 nitrogen and oxygen atoms in total. The number of hydrogen-bond donors (Lipinski definition) is 0. The van der Waals surface area contributed by atoms with Gasteiger partial charge < -0.3 is 0 Å². The second kappa shape index (κ2) is 16.2. The molecule has 0 aliphatic heterocycles. The van der Waals surface area contributed by atoms with Gasteiger partial charge in [-0.25, -0.2) is 0 Å². The van der Waals surface area contributed by atoms with Crippen LogP contribution in [0.4, 0.5) is 0 Å². The molecule has 32 valence electrons. The van der Waals surface area contributed by atoms with Crippen molar-refractivity contribution in [3.8, 4) is 0 Å². The molecule has 0 aliphatic rings. The minimum Gasteiger partial charge on any atom is -0.0149 e. The van der Waals surface area contributed by atoms with E-state index in [4.69, 9.17) is 0 Å². The Hall–Kier alpha value is 2.33. The topological polar surface area (TPSA) is 9.23 Å². The second-order valence-corrected chi connectivity index (χ2v) is 0.525. The van der Waals surface area contributed by atoms with Gasteiger partial charge in [0.1, 0.15) is 0 Å². The van der Waals surface area contributed by atoms with Crippen LogP contribution in [-0.2, 0) is 3.84 Å². The van der Waals surface area contributed by atoms with Crippen LogP contribution >= 0.6 is 23.7 Å². The molecular weight excluding hydrogens is 252 g/mol. The SMILES string of the molecule is ClOCl.[BaH2].[SiH4]. The molecule has 0 fully saturated rings. The Labute approximate surface area is 85.8 Å². The van der Waals surface area contributed by atoms with Gasteiger partial charge in [0.25, 0.3) is 0 Å². The second-order valence-electron chi connectivity index (χ2n) is 0.0583. The van der Waals surface area contributed by atoms with E-state index in [1.54, 1.807) is 0 Å². The molecule has 0 radical (unpaired) electrons. The number of rotatable bonds is 0. The molecular formula is H6BaCl2OSi. The first-order valence-corrected chi connectivity index (χ1v) is 0.926. The zero-order valence-electron chi connectivity index (χ0n) is 1.16. The minimum absolute atomic E-state index is 0. The summed E-state index contributed by atoms with van der Waals surface area (Å²) in [7, 11) is 0. The Kier molecular flexibility index (Phi) is 50.8. The summed E-state index contributed by atoms with van der Waals surface area (Å²) in [5.41, 5.74) is 0. The van der Waals surface area contributed by atoms with Gasteiger partial charge in [0.2, 0.25) is 0 Å². The van der Waals surface area contributed by atoms with Gasteiger partial charge in [0, 0.05) is 0 Å². The van der Waals surface area contributed by atoms with Crippen molar-refractivity contribution in [3.05, 3.63) is 0 Å². The smallest absolute Gasteiger partial charge is 0.0149 e. The van der Waals surface area contributed by atoms with E-state index in [0.717, 1.165) is 0 Å². The monoisotopic (exact) mass is 258 g/mol. The van der Waals surface area contributed by atoms with Gasteiger partial charge in [-0.1, -0.05) is 0 Å². The summed E-state index contributed by atoms with van der Waals surface area (Å²) in [6.07, 6.45) is 0. The number of halogens is 2. The molecule has 0 rings (SSSR count). The number of hydrogen-bond acceptors (Lipinski definition) is 1. The molecule has 0 saturated heterocycles. The van der Waals surface area contributed by atoms with Crippen molar-refractivity contribution in [3.63, 3.8) is 0 Å². The molecule has 5 heteroatoms.